The maximum absolute atomic E-state index is 13.3. The van der Waals surface area contributed by atoms with Crippen molar-refractivity contribution in [3.05, 3.63) is 93.1 Å². The molecule has 0 amide bonds. The summed E-state index contributed by atoms with van der Waals surface area (Å²) in [6.45, 7) is 1.82. The lowest BCUT2D eigenvalue weighted by molar-refractivity contribution is 0.0731. The van der Waals surface area contributed by atoms with Gasteiger partial charge in [0.25, 0.3) is 0 Å². The summed E-state index contributed by atoms with van der Waals surface area (Å²) in [6.07, 6.45) is 0. The van der Waals surface area contributed by atoms with Crippen molar-refractivity contribution >= 4 is 28.5 Å². The van der Waals surface area contributed by atoms with Gasteiger partial charge in [-0.3, -0.25) is 4.79 Å². The Labute approximate surface area is 177 Å². The smallest absolute Gasteiger partial charge is 0.343 e. The van der Waals surface area contributed by atoms with Crippen molar-refractivity contribution in [2.24, 2.45) is 0 Å². The highest BCUT2D eigenvalue weighted by atomic mass is 35.5. The molecular formula is C24H17ClO5. The van der Waals surface area contributed by atoms with E-state index in [-0.39, 0.29) is 16.9 Å². The normalized spacial score (nSPS) is 10.8. The van der Waals surface area contributed by atoms with Crippen LogP contribution >= 0.6 is 11.6 Å². The molecule has 4 aromatic rings. The van der Waals surface area contributed by atoms with E-state index in [9.17, 15) is 9.59 Å². The second-order valence-electron chi connectivity index (χ2n) is 6.67. The van der Waals surface area contributed by atoms with E-state index < -0.39 is 11.4 Å². The zero-order valence-electron chi connectivity index (χ0n) is 16.3. The van der Waals surface area contributed by atoms with Crippen LogP contribution in [0.15, 0.2) is 75.9 Å². The van der Waals surface area contributed by atoms with E-state index in [1.54, 1.807) is 67.8 Å². The number of ether oxygens (including phenoxy) is 2. The maximum atomic E-state index is 13.3. The van der Waals surface area contributed by atoms with Crippen LogP contribution in [0.25, 0.3) is 22.3 Å². The second-order valence-corrected chi connectivity index (χ2v) is 7.08. The van der Waals surface area contributed by atoms with Gasteiger partial charge in [-0.15, -0.1) is 0 Å². The number of halogens is 1. The number of esters is 1. The first-order chi connectivity index (χ1) is 14.5. The predicted molar refractivity (Wildman–Crippen MR) is 116 cm³/mol. The molecule has 0 fully saturated rings. The summed E-state index contributed by atoms with van der Waals surface area (Å²) in [5, 5.41) is 0.658. The third-order valence-corrected chi connectivity index (χ3v) is 5.09. The number of hydrogen-bond acceptors (Lipinski definition) is 5. The number of fused-ring (bicyclic) bond motifs is 1. The average molecular weight is 421 g/mol. The van der Waals surface area contributed by atoms with E-state index in [2.05, 4.69) is 0 Å². The molecule has 0 aliphatic carbocycles. The lowest BCUT2D eigenvalue weighted by atomic mass is 10.1. The zero-order chi connectivity index (χ0) is 21.3. The lowest BCUT2D eigenvalue weighted by Crippen LogP contribution is -2.16. The molecule has 6 heteroatoms. The van der Waals surface area contributed by atoms with Gasteiger partial charge in [0.05, 0.1) is 18.1 Å². The number of carbonyl (C=O) groups is 1. The molecule has 0 bridgehead atoms. The summed E-state index contributed by atoms with van der Waals surface area (Å²) in [5.74, 6) is -0.0508. The Bertz CT molecular complexity index is 1290. The van der Waals surface area contributed by atoms with Crippen LogP contribution in [-0.4, -0.2) is 13.1 Å². The molecule has 0 saturated heterocycles. The molecule has 30 heavy (non-hydrogen) atoms. The maximum Gasteiger partial charge on any atom is 0.343 e. The summed E-state index contributed by atoms with van der Waals surface area (Å²) in [5.41, 5.74) is 1.53. The van der Waals surface area contributed by atoms with Gasteiger partial charge in [-0.05, 0) is 61.0 Å². The van der Waals surface area contributed by atoms with E-state index in [0.717, 1.165) is 5.56 Å². The molecule has 0 radical (unpaired) electrons. The molecule has 0 unspecified atom stereocenters. The molecule has 0 saturated carbocycles. The van der Waals surface area contributed by atoms with Crippen LogP contribution in [-0.2, 0) is 0 Å². The van der Waals surface area contributed by atoms with Crippen molar-refractivity contribution in [1.82, 2.24) is 0 Å². The number of rotatable bonds is 4. The quantitative estimate of drug-likeness (QED) is 0.399. The first kappa shape index (κ1) is 19.7. The molecule has 1 heterocycles. The topological polar surface area (TPSA) is 65.7 Å². The predicted octanol–water partition coefficient (Wildman–Crippen LogP) is 5.65. The van der Waals surface area contributed by atoms with Gasteiger partial charge >= 0.3 is 5.97 Å². The summed E-state index contributed by atoms with van der Waals surface area (Å²) in [7, 11) is 1.56. The lowest BCUT2D eigenvalue weighted by Gasteiger charge is -2.12. The molecule has 1 aromatic heterocycles. The minimum absolute atomic E-state index is 0.154. The van der Waals surface area contributed by atoms with E-state index in [0.29, 0.717) is 27.5 Å². The molecule has 0 aliphatic heterocycles. The highest BCUT2D eigenvalue weighted by Crippen LogP contribution is 2.34. The molecule has 0 aliphatic rings. The minimum Gasteiger partial charge on any atom is -0.497 e. The molecular weight excluding hydrogens is 404 g/mol. The van der Waals surface area contributed by atoms with Crippen LogP contribution in [0.3, 0.4) is 0 Å². The van der Waals surface area contributed by atoms with Crippen LogP contribution in [0.2, 0.25) is 5.02 Å². The SMILES string of the molecule is COc1ccc(-c2oc3cc(C)c(Cl)cc3c(=O)c2OC(=O)c2ccccc2)cc1. The summed E-state index contributed by atoms with van der Waals surface area (Å²) >= 11 is 6.20. The highest BCUT2D eigenvalue weighted by Gasteiger charge is 2.22. The number of aryl methyl sites for hydroxylation is 1. The van der Waals surface area contributed by atoms with Crippen molar-refractivity contribution in [2.75, 3.05) is 7.11 Å². The number of benzene rings is 3. The van der Waals surface area contributed by atoms with Gasteiger partial charge in [-0.2, -0.15) is 0 Å². The van der Waals surface area contributed by atoms with Crippen molar-refractivity contribution in [3.8, 4) is 22.8 Å². The van der Waals surface area contributed by atoms with Crippen LogP contribution in [0.5, 0.6) is 11.5 Å². The van der Waals surface area contributed by atoms with Crippen molar-refractivity contribution in [3.63, 3.8) is 0 Å². The van der Waals surface area contributed by atoms with Crippen molar-refractivity contribution in [2.45, 2.75) is 6.92 Å². The zero-order valence-corrected chi connectivity index (χ0v) is 17.0. The monoisotopic (exact) mass is 420 g/mol. The first-order valence-corrected chi connectivity index (χ1v) is 9.54. The minimum atomic E-state index is -0.657. The third kappa shape index (κ3) is 3.67. The Balaban J connectivity index is 1.92. The van der Waals surface area contributed by atoms with E-state index in [1.165, 1.54) is 6.07 Å². The Morgan fingerprint density at radius 2 is 1.70 bits per heavy atom. The molecule has 4 rings (SSSR count). The Kier molecular flexibility index (Phi) is 5.29. The highest BCUT2D eigenvalue weighted by molar-refractivity contribution is 6.32. The van der Waals surface area contributed by atoms with Crippen LogP contribution in [0.1, 0.15) is 15.9 Å². The fourth-order valence-corrected chi connectivity index (χ4v) is 3.21. The van der Waals surface area contributed by atoms with Gasteiger partial charge in [0.2, 0.25) is 11.2 Å². The summed E-state index contributed by atoms with van der Waals surface area (Å²) < 4.78 is 16.7. The van der Waals surface area contributed by atoms with Crippen LogP contribution in [0, 0.1) is 6.92 Å². The van der Waals surface area contributed by atoms with E-state index in [1.807, 2.05) is 6.92 Å². The van der Waals surface area contributed by atoms with Gasteiger partial charge < -0.3 is 13.9 Å². The molecule has 0 N–H and O–H groups in total. The first-order valence-electron chi connectivity index (χ1n) is 9.16. The fraction of sp³-hybridized carbons (Fsp3) is 0.0833. The van der Waals surface area contributed by atoms with Gasteiger partial charge in [0.15, 0.2) is 5.76 Å². The standard InChI is InChI=1S/C24H17ClO5/c1-14-12-20-18(13-19(14)25)21(26)23(30-24(27)16-6-4-3-5-7-16)22(29-20)15-8-10-17(28-2)11-9-15/h3-13H,1-2H3. The largest absolute Gasteiger partial charge is 0.497 e. The molecule has 5 nitrogen and oxygen atoms in total. The summed E-state index contributed by atoms with van der Waals surface area (Å²) in [4.78, 5) is 25.9. The van der Waals surface area contributed by atoms with Crippen molar-refractivity contribution < 1.29 is 18.7 Å². The fourth-order valence-electron chi connectivity index (χ4n) is 3.05. The Hall–Kier alpha value is -3.57. The van der Waals surface area contributed by atoms with Gasteiger partial charge in [0, 0.05) is 10.6 Å². The Morgan fingerprint density at radius 1 is 1.00 bits per heavy atom. The third-order valence-electron chi connectivity index (χ3n) is 4.69. The van der Waals surface area contributed by atoms with Crippen molar-refractivity contribution in [1.29, 1.82) is 0 Å². The van der Waals surface area contributed by atoms with E-state index in [4.69, 9.17) is 25.5 Å². The summed E-state index contributed by atoms with van der Waals surface area (Å²) in [6, 6.07) is 18.6. The average Bonchev–Trinajstić information content (AvgIpc) is 2.77. The van der Waals surface area contributed by atoms with E-state index >= 15 is 0 Å². The van der Waals surface area contributed by atoms with Crippen LogP contribution < -0.4 is 14.9 Å². The molecule has 150 valence electrons. The van der Waals surface area contributed by atoms with Gasteiger partial charge in [-0.25, -0.2) is 4.79 Å². The van der Waals surface area contributed by atoms with Crippen LogP contribution in [0.4, 0.5) is 0 Å². The molecule has 0 atom stereocenters. The number of carbonyl (C=O) groups excluding carboxylic acids is 1. The van der Waals surface area contributed by atoms with Gasteiger partial charge in [-0.1, -0.05) is 29.8 Å². The Morgan fingerprint density at radius 3 is 2.37 bits per heavy atom. The van der Waals surface area contributed by atoms with Gasteiger partial charge in [0.1, 0.15) is 11.3 Å². The molecule has 0 spiro atoms. The second kappa shape index (κ2) is 8.05. The number of hydrogen-bond donors (Lipinski definition) is 0. The molecule has 3 aromatic carbocycles. The number of methoxy groups -OCH3 is 1.